The van der Waals surface area contributed by atoms with Gasteiger partial charge in [0.2, 0.25) is 0 Å². The van der Waals surface area contributed by atoms with Gasteiger partial charge in [0.05, 0.1) is 13.0 Å². The molecule has 0 heterocycles. The van der Waals surface area contributed by atoms with Gasteiger partial charge in [-0.25, -0.2) is 0 Å². The zero-order valence-corrected chi connectivity index (χ0v) is 8.48. The fourth-order valence-corrected chi connectivity index (χ4v) is 1.50. The van der Waals surface area contributed by atoms with Crippen LogP contribution in [0.3, 0.4) is 0 Å². The highest BCUT2D eigenvalue weighted by atomic mass is 35.5. The van der Waals surface area contributed by atoms with Crippen LogP contribution in [0.15, 0.2) is 0 Å². The summed E-state index contributed by atoms with van der Waals surface area (Å²) in [7, 11) is 1.42. The number of esters is 1. The lowest BCUT2D eigenvalue weighted by Crippen LogP contribution is -2.57. The third kappa shape index (κ3) is 1.57. The van der Waals surface area contributed by atoms with Crippen molar-refractivity contribution in [2.24, 2.45) is 17.1 Å². The van der Waals surface area contributed by atoms with Gasteiger partial charge in [-0.2, -0.15) is 0 Å². The molecule has 0 bridgehead atoms. The predicted octanol–water partition coefficient (Wildman–Crippen LogP) is 0.955. The summed E-state index contributed by atoms with van der Waals surface area (Å²) < 4.78 is 4.64. The fourth-order valence-electron chi connectivity index (χ4n) is 1.50. The van der Waals surface area contributed by atoms with Crippen molar-refractivity contribution in [1.29, 1.82) is 0 Å². The molecule has 0 unspecified atom stereocenters. The number of ether oxygens (including phenoxy) is 1. The van der Waals surface area contributed by atoms with Gasteiger partial charge in [0.25, 0.3) is 0 Å². The molecule has 4 heteroatoms. The van der Waals surface area contributed by atoms with Gasteiger partial charge in [-0.05, 0) is 11.8 Å². The van der Waals surface area contributed by atoms with Gasteiger partial charge in [0.15, 0.2) is 0 Å². The van der Waals surface area contributed by atoms with Crippen LogP contribution in [-0.2, 0) is 9.53 Å². The maximum absolute atomic E-state index is 11.1. The number of hydrogen-bond acceptors (Lipinski definition) is 3. The average molecular weight is 194 g/mol. The van der Waals surface area contributed by atoms with Gasteiger partial charge >= 0.3 is 5.97 Å². The molecule has 2 atom stereocenters. The van der Waals surface area contributed by atoms with E-state index in [4.69, 9.17) is 5.73 Å². The summed E-state index contributed by atoms with van der Waals surface area (Å²) in [5.74, 6) is -0.126. The molecule has 1 saturated carbocycles. The van der Waals surface area contributed by atoms with E-state index in [0.717, 1.165) is 6.42 Å². The lowest BCUT2D eigenvalue weighted by Gasteiger charge is -2.48. The van der Waals surface area contributed by atoms with Crippen LogP contribution in [0.4, 0.5) is 0 Å². The fraction of sp³-hybridized carbons (Fsp3) is 0.875. The Balaban J connectivity index is 0.00000121. The molecule has 2 N–H and O–H groups in total. The van der Waals surface area contributed by atoms with Gasteiger partial charge in [-0.1, -0.05) is 13.8 Å². The van der Waals surface area contributed by atoms with Crippen molar-refractivity contribution in [3.63, 3.8) is 0 Å². The minimum absolute atomic E-state index is 0. The molecule has 0 amide bonds. The Bertz CT molecular complexity index is 182. The van der Waals surface area contributed by atoms with E-state index >= 15 is 0 Å². The normalized spacial score (nSPS) is 31.3. The van der Waals surface area contributed by atoms with E-state index < -0.39 is 0 Å². The molecule has 1 aliphatic rings. The Labute approximate surface area is 79.1 Å². The lowest BCUT2D eigenvalue weighted by molar-refractivity contribution is -0.157. The highest BCUT2D eigenvalue weighted by Crippen LogP contribution is 2.45. The van der Waals surface area contributed by atoms with Gasteiger partial charge in [-0.3, -0.25) is 4.79 Å². The summed E-state index contributed by atoms with van der Waals surface area (Å²) in [6.07, 6.45) is 0.764. The van der Waals surface area contributed by atoms with E-state index in [1.54, 1.807) is 0 Å². The molecule has 72 valence electrons. The molecule has 0 aromatic rings. The number of carbonyl (C=O) groups excluding carboxylic acids is 1. The van der Waals surface area contributed by atoms with E-state index in [9.17, 15) is 4.79 Å². The van der Waals surface area contributed by atoms with Crippen LogP contribution in [0.25, 0.3) is 0 Å². The smallest absolute Gasteiger partial charge is 0.309 e. The average Bonchev–Trinajstić information content (AvgIpc) is 1.98. The van der Waals surface area contributed by atoms with Crippen molar-refractivity contribution in [2.75, 3.05) is 7.11 Å². The molecule has 12 heavy (non-hydrogen) atoms. The monoisotopic (exact) mass is 193 g/mol. The van der Waals surface area contributed by atoms with Crippen molar-refractivity contribution in [3.05, 3.63) is 0 Å². The van der Waals surface area contributed by atoms with Gasteiger partial charge in [0.1, 0.15) is 0 Å². The quantitative estimate of drug-likeness (QED) is 0.631. The molecule has 0 radical (unpaired) electrons. The Morgan fingerprint density at radius 1 is 1.58 bits per heavy atom. The molecule has 3 nitrogen and oxygen atoms in total. The van der Waals surface area contributed by atoms with E-state index in [1.807, 2.05) is 13.8 Å². The van der Waals surface area contributed by atoms with E-state index in [-0.39, 0.29) is 35.8 Å². The first-order valence-corrected chi connectivity index (χ1v) is 3.83. The second-order valence-corrected chi connectivity index (χ2v) is 3.74. The number of halogens is 1. The molecule has 1 fully saturated rings. The van der Waals surface area contributed by atoms with Gasteiger partial charge in [0, 0.05) is 6.04 Å². The zero-order chi connectivity index (χ0) is 8.65. The Kier molecular flexibility index (Phi) is 3.54. The number of carbonyl (C=O) groups is 1. The molecule has 0 aromatic carbocycles. The Morgan fingerprint density at radius 3 is 2.33 bits per heavy atom. The van der Waals surface area contributed by atoms with Crippen LogP contribution in [0.2, 0.25) is 0 Å². The molecule has 0 aliphatic heterocycles. The molecular formula is C8H16ClNO2. The minimum Gasteiger partial charge on any atom is -0.469 e. The van der Waals surface area contributed by atoms with Crippen molar-refractivity contribution in [2.45, 2.75) is 26.3 Å². The first kappa shape index (κ1) is 11.7. The van der Waals surface area contributed by atoms with Crippen LogP contribution in [0.5, 0.6) is 0 Å². The molecule has 1 aliphatic carbocycles. The second-order valence-electron chi connectivity index (χ2n) is 3.74. The van der Waals surface area contributed by atoms with Crippen LogP contribution < -0.4 is 5.73 Å². The van der Waals surface area contributed by atoms with E-state index in [1.165, 1.54) is 7.11 Å². The Morgan fingerprint density at radius 2 is 2.08 bits per heavy atom. The van der Waals surface area contributed by atoms with Gasteiger partial charge < -0.3 is 10.5 Å². The number of nitrogens with two attached hydrogens (primary N) is 1. The zero-order valence-electron chi connectivity index (χ0n) is 7.66. The largest absolute Gasteiger partial charge is 0.469 e. The predicted molar refractivity (Wildman–Crippen MR) is 49.1 cm³/mol. The molecule has 1 rings (SSSR count). The first-order valence-electron chi connectivity index (χ1n) is 3.83. The summed E-state index contributed by atoms with van der Waals surface area (Å²) >= 11 is 0. The Hall–Kier alpha value is -0.280. The molecule has 0 aromatic heterocycles. The summed E-state index contributed by atoms with van der Waals surface area (Å²) in [5, 5.41) is 0. The first-order chi connectivity index (χ1) is 5.00. The third-order valence-corrected chi connectivity index (χ3v) is 2.83. The summed E-state index contributed by atoms with van der Waals surface area (Å²) in [4.78, 5) is 11.1. The SMILES string of the molecule is COC(=O)[C@@H]1C[C@H](N)C1(C)C.Cl. The third-order valence-electron chi connectivity index (χ3n) is 2.83. The topological polar surface area (TPSA) is 52.3 Å². The van der Waals surface area contributed by atoms with E-state index in [0.29, 0.717) is 0 Å². The highest BCUT2D eigenvalue weighted by molar-refractivity contribution is 5.85. The molecule has 0 saturated heterocycles. The van der Waals surface area contributed by atoms with Gasteiger partial charge in [-0.15, -0.1) is 12.4 Å². The standard InChI is InChI=1S/C8H15NO2.ClH/c1-8(2)5(4-6(8)9)7(10)11-3;/h5-6H,4,9H2,1-3H3;1H/t5-,6-;/m0./s1. The number of rotatable bonds is 1. The minimum atomic E-state index is -0.128. The van der Waals surface area contributed by atoms with Crippen LogP contribution in [-0.4, -0.2) is 19.1 Å². The van der Waals surface area contributed by atoms with Crippen LogP contribution in [0.1, 0.15) is 20.3 Å². The molecular weight excluding hydrogens is 178 g/mol. The van der Waals surface area contributed by atoms with Crippen LogP contribution in [0, 0.1) is 11.3 Å². The maximum atomic E-state index is 11.1. The summed E-state index contributed by atoms with van der Waals surface area (Å²) in [6.45, 7) is 4.01. The van der Waals surface area contributed by atoms with Crippen molar-refractivity contribution in [1.82, 2.24) is 0 Å². The lowest BCUT2D eigenvalue weighted by atomic mass is 9.59. The highest BCUT2D eigenvalue weighted by Gasteiger charge is 2.50. The summed E-state index contributed by atoms with van der Waals surface area (Å²) in [5.41, 5.74) is 5.66. The van der Waals surface area contributed by atoms with Crippen molar-refractivity contribution < 1.29 is 9.53 Å². The summed E-state index contributed by atoms with van der Waals surface area (Å²) in [6, 6.07) is 0.145. The number of methoxy groups -OCH3 is 1. The second kappa shape index (κ2) is 3.62. The number of hydrogen-bond donors (Lipinski definition) is 1. The van der Waals surface area contributed by atoms with Crippen molar-refractivity contribution >= 4 is 18.4 Å². The van der Waals surface area contributed by atoms with E-state index in [2.05, 4.69) is 4.74 Å². The maximum Gasteiger partial charge on any atom is 0.309 e. The molecule has 0 spiro atoms. The van der Waals surface area contributed by atoms with Crippen molar-refractivity contribution in [3.8, 4) is 0 Å². The van der Waals surface area contributed by atoms with Crippen LogP contribution >= 0.6 is 12.4 Å².